The molecule has 112 valence electrons. The molecule has 0 fully saturated rings. The van der Waals surface area contributed by atoms with Gasteiger partial charge in [-0.25, -0.2) is 13.4 Å². The zero-order chi connectivity index (χ0) is 15.9. The maximum absolute atomic E-state index is 12.4. The Hall–Kier alpha value is -3.08. The average Bonchev–Trinajstić information content (AvgIpc) is 2.96. The van der Waals surface area contributed by atoms with Crippen LogP contribution >= 0.6 is 0 Å². The van der Waals surface area contributed by atoms with Crippen LogP contribution in [-0.2, 0) is 9.84 Å². The molecule has 3 rings (SSSR count). The van der Waals surface area contributed by atoms with Gasteiger partial charge in [0, 0.05) is 12.1 Å². The van der Waals surface area contributed by atoms with E-state index < -0.39 is 25.5 Å². The highest BCUT2D eigenvalue weighted by molar-refractivity contribution is 7.91. The second-order valence-electron chi connectivity index (χ2n) is 4.23. The fraction of sp³-hybridized carbons (Fsp3) is 0. The number of hydrogen-bond acceptors (Lipinski definition) is 7. The lowest BCUT2D eigenvalue weighted by Crippen LogP contribution is -2.16. The Morgan fingerprint density at radius 3 is 2.50 bits per heavy atom. The highest BCUT2D eigenvalue weighted by Crippen LogP contribution is 2.20. The maximum atomic E-state index is 12.4. The molecule has 0 amide bonds. The first-order valence-electron chi connectivity index (χ1n) is 5.82. The molecule has 2 heterocycles. The second-order valence-corrected chi connectivity index (χ2v) is 6.09. The molecule has 22 heavy (non-hydrogen) atoms. The number of sulfone groups is 1. The number of rotatable bonds is 3. The number of nitro groups is 1. The molecule has 0 saturated heterocycles. The van der Waals surface area contributed by atoms with E-state index in [0.717, 1.165) is 24.3 Å². The van der Waals surface area contributed by atoms with Gasteiger partial charge in [0.05, 0.1) is 16.1 Å². The largest absolute Gasteiger partial charge is 0.339 e. The van der Waals surface area contributed by atoms with Crippen LogP contribution in [0.25, 0.3) is 11.2 Å². The first kappa shape index (κ1) is 13.9. The fourth-order valence-electron chi connectivity index (χ4n) is 1.81. The summed E-state index contributed by atoms with van der Waals surface area (Å²) < 4.78 is 24.8. The zero-order valence-electron chi connectivity index (χ0n) is 10.7. The van der Waals surface area contributed by atoms with Crippen molar-refractivity contribution in [2.24, 2.45) is 0 Å². The van der Waals surface area contributed by atoms with E-state index in [-0.39, 0.29) is 21.7 Å². The van der Waals surface area contributed by atoms with Gasteiger partial charge < -0.3 is 4.98 Å². The Bertz CT molecular complexity index is 1030. The lowest BCUT2D eigenvalue weighted by atomic mass is 10.3. The summed E-state index contributed by atoms with van der Waals surface area (Å²) in [6, 6.07) is 4.25. The number of nitrogens with one attached hydrogen (secondary N) is 2. The van der Waals surface area contributed by atoms with E-state index in [4.69, 9.17) is 0 Å². The molecule has 0 unspecified atom stereocenters. The minimum Gasteiger partial charge on any atom is -0.339 e. The van der Waals surface area contributed by atoms with E-state index in [2.05, 4.69) is 19.9 Å². The van der Waals surface area contributed by atoms with E-state index in [1.165, 1.54) is 6.33 Å². The van der Waals surface area contributed by atoms with Crippen molar-refractivity contribution in [2.75, 3.05) is 0 Å². The highest BCUT2D eigenvalue weighted by Gasteiger charge is 2.23. The Labute approximate surface area is 121 Å². The summed E-state index contributed by atoms with van der Waals surface area (Å²) >= 11 is 0. The molecule has 2 N–H and O–H groups in total. The first-order chi connectivity index (χ1) is 10.4. The first-order valence-corrected chi connectivity index (χ1v) is 7.31. The third-order valence-electron chi connectivity index (χ3n) is 2.89. The number of imidazole rings is 1. The average molecular weight is 321 g/mol. The van der Waals surface area contributed by atoms with Gasteiger partial charge in [0.1, 0.15) is 0 Å². The zero-order valence-corrected chi connectivity index (χ0v) is 11.5. The summed E-state index contributed by atoms with van der Waals surface area (Å²) in [6.45, 7) is 0. The topological polar surface area (TPSA) is 152 Å². The third kappa shape index (κ3) is 2.13. The van der Waals surface area contributed by atoms with Crippen LogP contribution < -0.4 is 5.56 Å². The number of nitro benzene ring substituents is 1. The molecule has 0 aliphatic heterocycles. The number of non-ortho nitro benzene ring substituents is 1. The molecule has 0 saturated carbocycles. The molecule has 10 nitrogen and oxygen atoms in total. The van der Waals surface area contributed by atoms with Crippen LogP contribution in [0.5, 0.6) is 0 Å². The predicted octanol–water partition coefficient (Wildman–Crippen LogP) is 0.387. The SMILES string of the molecule is O=c1[nH]c(S(=O)(=O)c2ccc([N+](=O)[O-])cc2)nc2nc[nH]c12. The standard InChI is InChI=1S/C11H7N5O5S/c17-10-8-9(13-5-12-8)14-11(15-10)22(20,21)7-3-1-6(2-4-7)16(18)19/h1-5H,(H2,12,13,14,15,17). The van der Waals surface area contributed by atoms with Crippen LogP contribution in [0.4, 0.5) is 5.69 Å². The molecule has 0 aliphatic carbocycles. The number of nitrogens with zero attached hydrogens (tertiary/aromatic N) is 3. The Morgan fingerprint density at radius 2 is 1.86 bits per heavy atom. The van der Waals surface area contributed by atoms with E-state index in [1.807, 2.05) is 0 Å². The molecule has 0 bridgehead atoms. The smallest absolute Gasteiger partial charge is 0.277 e. The summed E-state index contributed by atoms with van der Waals surface area (Å²) in [7, 11) is -4.12. The van der Waals surface area contributed by atoms with Crippen molar-refractivity contribution in [1.29, 1.82) is 0 Å². The third-order valence-corrected chi connectivity index (χ3v) is 4.48. The summed E-state index contributed by atoms with van der Waals surface area (Å²) in [4.78, 5) is 33.7. The van der Waals surface area contributed by atoms with Crippen molar-refractivity contribution in [3.8, 4) is 0 Å². The van der Waals surface area contributed by atoms with Gasteiger partial charge in [-0.1, -0.05) is 0 Å². The van der Waals surface area contributed by atoms with Gasteiger partial charge in [0.15, 0.2) is 11.2 Å². The van der Waals surface area contributed by atoms with E-state index in [1.54, 1.807) is 0 Å². The van der Waals surface area contributed by atoms with E-state index in [0.29, 0.717) is 0 Å². The number of fused-ring (bicyclic) bond motifs is 1. The predicted molar refractivity (Wildman–Crippen MR) is 73.1 cm³/mol. The van der Waals surface area contributed by atoms with Crippen molar-refractivity contribution >= 4 is 26.7 Å². The quantitative estimate of drug-likeness (QED) is 0.402. The molecular formula is C11H7N5O5S. The molecule has 11 heteroatoms. The van der Waals surface area contributed by atoms with Crippen LogP contribution in [-0.4, -0.2) is 33.3 Å². The van der Waals surface area contributed by atoms with Gasteiger partial charge >= 0.3 is 0 Å². The summed E-state index contributed by atoms with van der Waals surface area (Å²) in [5.41, 5.74) is -0.905. The van der Waals surface area contributed by atoms with Crippen LogP contribution in [0.15, 0.2) is 45.4 Å². The normalized spacial score (nSPS) is 11.6. The summed E-state index contributed by atoms with van der Waals surface area (Å²) in [5.74, 6) is 0. The molecule has 0 aliphatic rings. The number of aromatic amines is 2. The van der Waals surface area contributed by atoms with Crippen LogP contribution in [0, 0.1) is 10.1 Å². The summed E-state index contributed by atoms with van der Waals surface area (Å²) in [5, 5.41) is 10.0. The van der Waals surface area contributed by atoms with Crippen molar-refractivity contribution in [3.63, 3.8) is 0 Å². The fourth-order valence-corrected chi connectivity index (χ4v) is 2.96. The Morgan fingerprint density at radius 1 is 1.18 bits per heavy atom. The van der Waals surface area contributed by atoms with E-state index >= 15 is 0 Å². The van der Waals surface area contributed by atoms with Gasteiger partial charge in [-0.2, -0.15) is 4.98 Å². The molecule has 1 aromatic carbocycles. The Balaban J connectivity index is 2.15. The number of H-pyrrole nitrogens is 2. The summed E-state index contributed by atoms with van der Waals surface area (Å²) in [6.07, 6.45) is 1.22. The molecule has 0 atom stereocenters. The van der Waals surface area contributed by atoms with Crippen molar-refractivity contribution in [1.82, 2.24) is 19.9 Å². The Kier molecular flexibility index (Phi) is 2.99. The molecular weight excluding hydrogens is 314 g/mol. The van der Waals surface area contributed by atoms with Crippen molar-refractivity contribution < 1.29 is 13.3 Å². The second kappa shape index (κ2) is 4.73. The molecule has 0 radical (unpaired) electrons. The molecule has 2 aromatic heterocycles. The number of benzene rings is 1. The lowest BCUT2D eigenvalue weighted by molar-refractivity contribution is -0.384. The van der Waals surface area contributed by atoms with Crippen LogP contribution in [0.3, 0.4) is 0 Å². The monoisotopic (exact) mass is 321 g/mol. The van der Waals surface area contributed by atoms with Crippen LogP contribution in [0.1, 0.15) is 0 Å². The van der Waals surface area contributed by atoms with Gasteiger partial charge in [0.25, 0.3) is 11.2 Å². The minimum absolute atomic E-state index is 0.0377. The molecule has 3 aromatic rings. The van der Waals surface area contributed by atoms with Crippen molar-refractivity contribution in [2.45, 2.75) is 10.1 Å². The van der Waals surface area contributed by atoms with Gasteiger partial charge in [-0.3, -0.25) is 19.9 Å². The minimum atomic E-state index is -4.12. The van der Waals surface area contributed by atoms with Crippen molar-refractivity contribution in [3.05, 3.63) is 51.1 Å². The lowest BCUT2D eigenvalue weighted by Gasteiger charge is -2.03. The highest BCUT2D eigenvalue weighted by atomic mass is 32.2. The van der Waals surface area contributed by atoms with Gasteiger partial charge in [0.2, 0.25) is 15.0 Å². The number of aromatic nitrogens is 4. The van der Waals surface area contributed by atoms with Crippen LogP contribution in [0.2, 0.25) is 0 Å². The van der Waals surface area contributed by atoms with Gasteiger partial charge in [-0.05, 0) is 12.1 Å². The van der Waals surface area contributed by atoms with Gasteiger partial charge in [-0.15, -0.1) is 0 Å². The van der Waals surface area contributed by atoms with E-state index in [9.17, 15) is 23.3 Å². The maximum Gasteiger partial charge on any atom is 0.277 e. The number of hydrogen-bond donors (Lipinski definition) is 2. The molecule has 0 spiro atoms.